The van der Waals surface area contributed by atoms with Crippen LogP contribution in [0.4, 0.5) is 0 Å². The molecule has 2 unspecified atom stereocenters. The van der Waals surface area contributed by atoms with Gasteiger partial charge >= 0.3 is 0 Å². The van der Waals surface area contributed by atoms with Crippen molar-refractivity contribution in [3.05, 3.63) is 0 Å². The lowest BCUT2D eigenvalue weighted by atomic mass is 10.1. The maximum Gasteiger partial charge on any atom is 0.192 e. The van der Waals surface area contributed by atoms with Gasteiger partial charge in [0, 0.05) is 12.8 Å². The first-order valence-electron chi connectivity index (χ1n) is 6.84. The summed E-state index contributed by atoms with van der Waals surface area (Å²) in [6.07, 6.45) is 4.12. The minimum Gasteiger partial charge on any atom is -1.00 e. The number of aliphatic hydroxyl groups excluding tert-OH is 3. The van der Waals surface area contributed by atoms with E-state index in [1.165, 1.54) is 0 Å². The fourth-order valence-corrected chi connectivity index (χ4v) is 2.08. The highest BCUT2D eigenvalue weighted by atomic mass is 79.9. The number of quaternary nitrogens is 1. The van der Waals surface area contributed by atoms with Gasteiger partial charge in [-0.25, -0.2) is 0 Å². The molecule has 0 saturated carbocycles. The number of aliphatic hydroxyl groups is 3. The molecule has 0 radical (unpaired) electrons. The van der Waals surface area contributed by atoms with E-state index in [9.17, 15) is 10.2 Å². The van der Waals surface area contributed by atoms with Crippen LogP contribution in [0.3, 0.4) is 0 Å². The molecule has 0 fully saturated rings. The number of unbranched alkanes of at least 4 members (excludes halogenated alkanes) is 2. The highest BCUT2D eigenvalue weighted by molar-refractivity contribution is 4.52. The molecule has 2 atom stereocenters. The number of hydrogen-bond donors (Lipinski definition) is 3. The van der Waals surface area contributed by atoms with Crippen LogP contribution < -0.4 is 17.0 Å². The Labute approximate surface area is 122 Å². The Morgan fingerprint density at radius 3 is 1.61 bits per heavy atom. The van der Waals surface area contributed by atoms with Crippen molar-refractivity contribution in [2.75, 3.05) is 20.2 Å². The largest absolute Gasteiger partial charge is 1.00 e. The van der Waals surface area contributed by atoms with E-state index in [1.54, 1.807) is 0 Å². The van der Waals surface area contributed by atoms with Crippen molar-refractivity contribution < 1.29 is 36.8 Å². The lowest BCUT2D eigenvalue weighted by Gasteiger charge is -2.42. The number of rotatable bonds is 10. The zero-order chi connectivity index (χ0) is 13.3. The molecule has 0 rings (SSSR count). The second-order valence-corrected chi connectivity index (χ2v) is 5.04. The highest BCUT2D eigenvalue weighted by Gasteiger charge is 2.36. The Kier molecular flexibility index (Phi) is 12.8. The molecule has 0 bridgehead atoms. The zero-order valence-corrected chi connectivity index (χ0v) is 13.6. The molecule has 5 heteroatoms. The molecule has 0 amide bonds. The van der Waals surface area contributed by atoms with Crippen LogP contribution in [-0.4, -0.2) is 52.5 Å². The van der Waals surface area contributed by atoms with E-state index in [-0.39, 0.29) is 28.1 Å². The SMILES string of the molecule is CCCCC(O)[N+](C)(CCO)C(O)CCCC.[Br-]. The average Bonchev–Trinajstić information content (AvgIpc) is 2.32. The van der Waals surface area contributed by atoms with Crippen LogP contribution in [0.25, 0.3) is 0 Å². The maximum absolute atomic E-state index is 10.2. The molecule has 112 valence electrons. The molecule has 0 aromatic heterocycles. The van der Waals surface area contributed by atoms with E-state index < -0.39 is 12.5 Å². The number of halogens is 1. The molecule has 0 heterocycles. The predicted octanol–water partition coefficient (Wildman–Crippen LogP) is -1.55. The molecular formula is C13H30BrNO3. The summed E-state index contributed by atoms with van der Waals surface area (Å²) in [6, 6.07) is 0. The van der Waals surface area contributed by atoms with Crippen molar-refractivity contribution >= 4 is 0 Å². The maximum atomic E-state index is 10.2. The van der Waals surface area contributed by atoms with Crippen molar-refractivity contribution in [3.8, 4) is 0 Å². The van der Waals surface area contributed by atoms with Crippen LogP contribution in [0.2, 0.25) is 0 Å². The Bertz CT molecular complexity index is 179. The molecule has 0 aromatic rings. The van der Waals surface area contributed by atoms with Gasteiger partial charge in [-0.2, -0.15) is 0 Å². The minimum absolute atomic E-state index is 0. The van der Waals surface area contributed by atoms with Crippen molar-refractivity contribution in [1.29, 1.82) is 0 Å². The fraction of sp³-hybridized carbons (Fsp3) is 1.00. The van der Waals surface area contributed by atoms with Crippen LogP contribution in [0.15, 0.2) is 0 Å². The topological polar surface area (TPSA) is 60.7 Å². The van der Waals surface area contributed by atoms with Crippen LogP contribution in [0, 0.1) is 0 Å². The van der Waals surface area contributed by atoms with Crippen LogP contribution in [0.1, 0.15) is 52.4 Å². The first-order chi connectivity index (χ1) is 8.02. The van der Waals surface area contributed by atoms with Gasteiger partial charge in [0.15, 0.2) is 12.5 Å². The summed E-state index contributed by atoms with van der Waals surface area (Å²) >= 11 is 0. The molecule has 18 heavy (non-hydrogen) atoms. The Morgan fingerprint density at radius 2 is 1.33 bits per heavy atom. The van der Waals surface area contributed by atoms with Gasteiger partial charge in [0.1, 0.15) is 6.54 Å². The third-order valence-corrected chi connectivity index (χ3v) is 3.58. The number of nitrogens with zero attached hydrogens (tertiary/aromatic N) is 1. The van der Waals surface area contributed by atoms with Crippen molar-refractivity contribution in [3.63, 3.8) is 0 Å². The smallest absolute Gasteiger partial charge is 0.192 e. The summed E-state index contributed by atoms with van der Waals surface area (Å²) in [5.41, 5.74) is 0. The molecular weight excluding hydrogens is 298 g/mol. The number of hydrogen-bond acceptors (Lipinski definition) is 3. The van der Waals surface area contributed by atoms with Gasteiger partial charge in [-0.1, -0.05) is 26.7 Å². The average molecular weight is 328 g/mol. The van der Waals surface area contributed by atoms with Gasteiger partial charge in [-0.05, 0) is 12.8 Å². The Hall–Kier alpha value is 0.320. The van der Waals surface area contributed by atoms with Gasteiger partial charge in [0.2, 0.25) is 0 Å². The fourth-order valence-electron chi connectivity index (χ4n) is 2.08. The van der Waals surface area contributed by atoms with Gasteiger partial charge in [-0.15, -0.1) is 0 Å². The lowest BCUT2D eigenvalue weighted by Crippen LogP contribution is -3.00. The summed E-state index contributed by atoms with van der Waals surface area (Å²) < 4.78 is 0.149. The van der Waals surface area contributed by atoms with E-state index in [4.69, 9.17) is 5.11 Å². The number of likely N-dealkylation sites (N-methyl/N-ethyl adjacent to an activating group) is 1. The van der Waals surface area contributed by atoms with E-state index in [0.717, 1.165) is 25.7 Å². The Morgan fingerprint density at radius 1 is 0.944 bits per heavy atom. The van der Waals surface area contributed by atoms with E-state index >= 15 is 0 Å². The molecule has 0 aliphatic heterocycles. The lowest BCUT2D eigenvalue weighted by molar-refractivity contribution is -0.995. The Balaban J connectivity index is 0. The van der Waals surface area contributed by atoms with Gasteiger partial charge in [0.25, 0.3) is 0 Å². The van der Waals surface area contributed by atoms with E-state index in [2.05, 4.69) is 13.8 Å². The molecule has 0 aliphatic rings. The minimum atomic E-state index is -0.589. The normalized spacial score (nSPS) is 17.7. The molecule has 0 aliphatic carbocycles. The summed E-state index contributed by atoms with van der Waals surface area (Å²) in [5.74, 6) is 0. The molecule has 0 aromatic carbocycles. The van der Waals surface area contributed by atoms with Crippen molar-refractivity contribution in [2.45, 2.75) is 64.8 Å². The summed E-state index contributed by atoms with van der Waals surface area (Å²) in [4.78, 5) is 0. The van der Waals surface area contributed by atoms with Gasteiger partial charge in [0.05, 0.1) is 13.7 Å². The summed E-state index contributed by atoms with van der Waals surface area (Å²) in [5, 5.41) is 29.5. The third-order valence-electron chi connectivity index (χ3n) is 3.58. The quantitative estimate of drug-likeness (QED) is 0.336. The molecule has 0 spiro atoms. The molecule has 3 N–H and O–H groups in total. The standard InChI is InChI=1S/C13H30NO3.BrH/c1-4-6-8-12(16)14(3,10-11-15)13(17)9-7-5-2;/h12-13,15-17H,4-11H2,1-3H3;1H/q+1;/p-1. The second-order valence-electron chi connectivity index (χ2n) is 5.04. The van der Waals surface area contributed by atoms with Crippen LogP contribution in [-0.2, 0) is 0 Å². The highest BCUT2D eigenvalue weighted by Crippen LogP contribution is 2.21. The van der Waals surface area contributed by atoms with E-state index in [0.29, 0.717) is 19.4 Å². The van der Waals surface area contributed by atoms with Crippen molar-refractivity contribution in [1.82, 2.24) is 0 Å². The van der Waals surface area contributed by atoms with Crippen LogP contribution in [0.5, 0.6) is 0 Å². The predicted molar refractivity (Wildman–Crippen MR) is 69.2 cm³/mol. The third kappa shape index (κ3) is 6.48. The first kappa shape index (κ1) is 20.6. The summed E-state index contributed by atoms with van der Waals surface area (Å²) in [7, 11) is 1.83. The molecule has 4 nitrogen and oxygen atoms in total. The van der Waals surface area contributed by atoms with Crippen LogP contribution >= 0.6 is 0 Å². The van der Waals surface area contributed by atoms with Gasteiger partial charge in [-0.3, -0.25) is 4.48 Å². The second kappa shape index (κ2) is 11.2. The zero-order valence-electron chi connectivity index (χ0n) is 12.0. The first-order valence-corrected chi connectivity index (χ1v) is 6.84. The van der Waals surface area contributed by atoms with E-state index in [1.807, 2.05) is 7.05 Å². The summed E-state index contributed by atoms with van der Waals surface area (Å²) in [6.45, 7) is 4.55. The molecule has 0 saturated heterocycles. The van der Waals surface area contributed by atoms with Gasteiger partial charge < -0.3 is 32.3 Å². The van der Waals surface area contributed by atoms with Crippen molar-refractivity contribution in [2.24, 2.45) is 0 Å². The monoisotopic (exact) mass is 327 g/mol.